The van der Waals surface area contributed by atoms with E-state index in [1.54, 1.807) is 19.5 Å². The van der Waals surface area contributed by atoms with Crippen LogP contribution in [0.2, 0.25) is 0 Å². The van der Waals surface area contributed by atoms with Crippen LogP contribution in [0.4, 0.5) is 0 Å². The van der Waals surface area contributed by atoms with E-state index in [-0.39, 0.29) is 0 Å². The fourth-order valence-corrected chi connectivity index (χ4v) is 2.73. The Morgan fingerprint density at radius 2 is 1.50 bits per heavy atom. The normalized spacial score (nSPS) is 10.7. The highest BCUT2D eigenvalue weighted by Gasteiger charge is 2.15. The van der Waals surface area contributed by atoms with Crippen molar-refractivity contribution in [1.82, 2.24) is 19.7 Å². The zero-order valence-electron chi connectivity index (χ0n) is 14.6. The first kappa shape index (κ1) is 16.0. The van der Waals surface area contributed by atoms with Crippen molar-refractivity contribution in [2.75, 3.05) is 7.11 Å². The SMILES string of the molecule is COc1ccc(-n2nc(-c3ccncc3)nc2-c2ccc(C)cc2)cc1. The maximum atomic E-state index is 5.26. The van der Waals surface area contributed by atoms with E-state index in [0.717, 1.165) is 28.4 Å². The van der Waals surface area contributed by atoms with Gasteiger partial charge in [-0.25, -0.2) is 9.67 Å². The molecule has 0 saturated heterocycles. The van der Waals surface area contributed by atoms with E-state index in [4.69, 9.17) is 14.8 Å². The van der Waals surface area contributed by atoms with Crippen LogP contribution < -0.4 is 4.74 Å². The van der Waals surface area contributed by atoms with Crippen LogP contribution in [0.15, 0.2) is 73.1 Å². The van der Waals surface area contributed by atoms with Crippen LogP contribution in [0.1, 0.15) is 5.56 Å². The highest BCUT2D eigenvalue weighted by Crippen LogP contribution is 2.26. The fraction of sp³-hybridized carbons (Fsp3) is 0.0952. The monoisotopic (exact) mass is 342 g/mol. The molecule has 0 atom stereocenters. The Kier molecular flexibility index (Phi) is 4.19. The van der Waals surface area contributed by atoms with E-state index in [1.165, 1.54) is 5.56 Å². The molecule has 0 saturated carbocycles. The summed E-state index contributed by atoms with van der Waals surface area (Å²) in [7, 11) is 1.66. The van der Waals surface area contributed by atoms with Crippen LogP contribution in [0.3, 0.4) is 0 Å². The quantitative estimate of drug-likeness (QED) is 0.554. The molecule has 0 fully saturated rings. The maximum Gasteiger partial charge on any atom is 0.182 e. The molecule has 5 nitrogen and oxygen atoms in total. The lowest BCUT2D eigenvalue weighted by Gasteiger charge is -2.07. The van der Waals surface area contributed by atoms with E-state index in [2.05, 4.69) is 36.2 Å². The van der Waals surface area contributed by atoms with Gasteiger partial charge in [0.25, 0.3) is 0 Å². The highest BCUT2D eigenvalue weighted by molar-refractivity contribution is 5.63. The molecule has 2 aromatic carbocycles. The van der Waals surface area contributed by atoms with E-state index in [9.17, 15) is 0 Å². The van der Waals surface area contributed by atoms with Crippen LogP contribution >= 0.6 is 0 Å². The van der Waals surface area contributed by atoms with Crippen molar-refractivity contribution in [1.29, 1.82) is 0 Å². The second-order valence-corrected chi connectivity index (χ2v) is 5.97. The van der Waals surface area contributed by atoms with Gasteiger partial charge in [-0.05, 0) is 43.3 Å². The van der Waals surface area contributed by atoms with Gasteiger partial charge in [0, 0.05) is 23.5 Å². The van der Waals surface area contributed by atoms with Crippen LogP contribution in [0.25, 0.3) is 28.5 Å². The fourth-order valence-electron chi connectivity index (χ4n) is 2.73. The molecule has 0 amide bonds. The number of hydrogen-bond acceptors (Lipinski definition) is 4. The lowest BCUT2D eigenvalue weighted by Crippen LogP contribution is -1.99. The molecule has 4 aromatic rings. The van der Waals surface area contributed by atoms with E-state index < -0.39 is 0 Å². The van der Waals surface area contributed by atoms with Crippen LogP contribution in [0.5, 0.6) is 5.75 Å². The van der Waals surface area contributed by atoms with Gasteiger partial charge >= 0.3 is 0 Å². The Labute approximate surface area is 151 Å². The molecule has 0 aliphatic carbocycles. The Hall–Kier alpha value is -3.47. The van der Waals surface area contributed by atoms with Crippen LogP contribution in [0, 0.1) is 6.92 Å². The Balaban J connectivity index is 1.87. The largest absolute Gasteiger partial charge is 0.497 e. The number of aryl methyl sites for hydroxylation is 1. The van der Waals surface area contributed by atoms with Gasteiger partial charge < -0.3 is 4.74 Å². The van der Waals surface area contributed by atoms with Crippen LogP contribution in [-0.4, -0.2) is 26.9 Å². The zero-order valence-corrected chi connectivity index (χ0v) is 14.6. The molecule has 0 aliphatic heterocycles. The molecule has 0 N–H and O–H groups in total. The molecule has 0 radical (unpaired) electrons. The molecule has 128 valence electrons. The third kappa shape index (κ3) is 3.07. The molecule has 0 bridgehead atoms. The number of pyridine rings is 1. The number of hydrogen-bond donors (Lipinski definition) is 0. The summed E-state index contributed by atoms with van der Waals surface area (Å²) in [6.07, 6.45) is 3.49. The van der Waals surface area contributed by atoms with E-state index in [1.807, 2.05) is 41.1 Å². The summed E-state index contributed by atoms with van der Waals surface area (Å²) in [6, 6.07) is 19.9. The lowest BCUT2D eigenvalue weighted by atomic mass is 10.1. The predicted octanol–water partition coefficient (Wildman–Crippen LogP) is 4.31. The Morgan fingerprint density at radius 1 is 0.808 bits per heavy atom. The van der Waals surface area contributed by atoms with Crippen molar-refractivity contribution < 1.29 is 4.74 Å². The van der Waals surface area contributed by atoms with Gasteiger partial charge in [0.05, 0.1) is 12.8 Å². The van der Waals surface area contributed by atoms with Crippen molar-refractivity contribution in [3.8, 4) is 34.2 Å². The lowest BCUT2D eigenvalue weighted by molar-refractivity contribution is 0.414. The molecule has 2 aromatic heterocycles. The van der Waals surface area contributed by atoms with Crippen molar-refractivity contribution in [3.63, 3.8) is 0 Å². The average Bonchev–Trinajstić information content (AvgIpc) is 3.15. The summed E-state index contributed by atoms with van der Waals surface area (Å²) in [5.74, 6) is 2.26. The molecule has 0 spiro atoms. The smallest absolute Gasteiger partial charge is 0.182 e. The number of benzene rings is 2. The maximum absolute atomic E-state index is 5.26. The number of nitrogens with zero attached hydrogens (tertiary/aromatic N) is 4. The van der Waals surface area contributed by atoms with Gasteiger partial charge in [-0.15, -0.1) is 5.10 Å². The topological polar surface area (TPSA) is 52.8 Å². The van der Waals surface area contributed by atoms with Crippen molar-refractivity contribution in [2.24, 2.45) is 0 Å². The van der Waals surface area contributed by atoms with Crippen molar-refractivity contribution >= 4 is 0 Å². The third-order valence-electron chi connectivity index (χ3n) is 4.17. The first-order chi connectivity index (χ1) is 12.7. The minimum atomic E-state index is 0.666. The first-order valence-corrected chi connectivity index (χ1v) is 8.33. The Morgan fingerprint density at radius 3 is 2.15 bits per heavy atom. The molecule has 26 heavy (non-hydrogen) atoms. The third-order valence-corrected chi connectivity index (χ3v) is 4.17. The summed E-state index contributed by atoms with van der Waals surface area (Å²) in [5, 5.41) is 4.74. The molecular formula is C21H18N4O. The molecule has 0 unspecified atom stereocenters. The predicted molar refractivity (Wildman–Crippen MR) is 101 cm³/mol. The van der Waals surface area contributed by atoms with Gasteiger partial charge in [-0.3, -0.25) is 4.98 Å². The Bertz CT molecular complexity index is 1010. The molecule has 0 aliphatic rings. The average molecular weight is 342 g/mol. The minimum absolute atomic E-state index is 0.666. The van der Waals surface area contributed by atoms with Gasteiger partial charge in [-0.2, -0.15) is 0 Å². The summed E-state index contributed by atoms with van der Waals surface area (Å²) in [4.78, 5) is 8.86. The second kappa shape index (κ2) is 6.80. The van der Waals surface area contributed by atoms with E-state index in [0.29, 0.717) is 5.82 Å². The van der Waals surface area contributed by atoms with E-state index >= 15 is 0 Å². The molecule has 4 rings (SSSR count). The van der Waals surface area contributed by atoms with Crippen molar-refractivity contribution in [3.05, 3.63) is 78.6 Å². The summed E-state index contributed by atoms with van der Waals surface area (Å²) >= 11 is 0. The van der Waals surface area contributed by atoms with Gasteiger partial charge in [0.2, 0.25) is 0 Å². The number of methoxy groups -OCH3 is 1. The first-order valence-electron chi connectivity index (χ1n) is 8.33. The second-order valence-electron chi connectivity index (χ2n) is 5.97. The number of ether oxygens (including phenoxy) is 1. The molecular weight excluding hydrogens is 324 g/mol. The van der Waals surface area contributed by atoms with Gasteiger partial charge in [0.1, 0.15) is 5.75 Å². The number of aromatic nitrogens is 4. The summed E-state index contributed by atoms with van der Waals surface area (Å²) in [5.41, 5.74) is 4.08. The number of rotatable bonds is 4. The molecule has 5 heteroatoms. The van der Waals surface area contributed by atoms with Gasteiger partial charge in [-0.1, -0.05) is 29.8 Å². The van der Waals surface area contributed by atoms with Crippen molar-refractivity contribution in [2.45, 2.75) is 6.92 Å². The molecule has 2 heterocycles. The highest BCUT2D eigenvalue weighted by atomic mass is 16.5. The standard InChI is InChI=1S/C21H18N4O/c1-15-3-5-17(6-4-15)21-23-20(16-11-13-22-14-12-16)24-25(21)18-7-9-19(26-2)10-8-18/h3-14H,1-2H3. The zero-order chi connectivity index (χ0) is 17.9. The summed E-state index contributed by atoms with van der Waals surface area (Å²) < 4.78 is 7.12. The van der Waals surface area contributed by atoms with Crippen LogP contribution in [-0.2, 0) is 0 Å². The minimum Gasteiger partial charge on any atom is -0.497 e. The van der Waals surface area contributed by atoms with Gasteiger partial charge in [0.15, 0.2) is 11.6 Å². The summed E-state index contributed by atoms with van der Waals surface area (Å²) in [6.45, 7) is 2.07.